The minimum Gasteiger partial charge on any atom is -0.386 e. The quantitative estimate of drug-likeness (QED) is 0.591. The summed E-state index contributed by atoms with van der Waals surface area (Å²) in [6.45, 7) is 0. The Bertz CT molecular complexity index is 240. The molecule has 2 fully saturated rings. The summed E-state index contributed by atoms with van der Waals surface area (Å²) in [6.07, 6.45) is 1.79. The SMILES string of the molecule is O[C@H]1C=C(Br)[C@H]2O[C@H]2[C@H]2O[C@H]21. The predicted molar refractivity (Wildman–Crippen MR) is 40.3 cm³/mol. The Morgan fingerprint density at radius 3 is 2.91 bits per heavy atom. The largest absolute Gasteiger partial charge is 0.386 e. The first-order chi connectivity index (χ1) is 5.27. The van der Waals surface area contributed by atoms with Crippen LogP contribution in [-0.2, 0) is 9.47 Å². The monoisotopic (exact) mass is 218 g/mol. The van der Waals surface area contributed by atoms with Crippen molar-refractivity contribution in [2.45, 2.75) is 30.5 Å². The van der Waals surface area contributed by atoms with Gasteiger partial charge in [0.15, 0.2) is 0 Å². The van der Waals surface area contributed by atoms with Crippen molar-refractivity contribution in [3.8, 4) is 0 Å². The molecule has 4 heteroatoms. The molecule has 11 heavy (non-hydrogen) atoms. The minimum absolute atomic E-state index is 0.0138. The van der Waals surface area contributed by atoms with Crippen molar-refractivity contribution < 1.29 is 14.6 Å². The van der Waals surface area contributed by atoms with Crippen LogP contribution in [-0.4, -0.2) is 35.6 Å². The van der Waals surface area contributed by atoms with Crippen molar-refractivity contribution in [3.05, 3.63) is 10.6 Å². The zero-order valence-electron chi connectivity index (χ0n) is 5.61. The number of halogens is 1. The second-order valence-corrected chi connectivity index (χ2v) is 4.04. The molecular weight excluding hydrogens is 212 g/mol. The molecule has 0 saturated carbocycles. The van der Waals surface area contributed by atoms with Crippen LogP contribution in [0.4, 0.5) is 0 Å². The van der Waals surface area contributed by atoms with Crippen LogP contribution < -0.4 is 0 Å². The predicted octanol–water partition coefficient (Wildman–Crippen LogP) is 0.174. The fraction of sp³-hybridized carbons (Fsp3) is 0.714. The van der Waals surface area contributed by atoms with Crippen LogP contribution in [0.2, 0.25) is 0 Å². The lowest BCUT2D eigenvalue weighted by Gasteiger charge is -1.99. The standard InChI is InChI=1S/C7H7BrO3/c8-2-1-3(9)5-7(11-5)6-4(2)10-6/h1,3-7,9H/t3-,4+,5-,6+,7-/m0/s1. The van der Waals surface area contributed by atoms with E-state index in [1.807, 2.05) is 0 Å². The molecule has 3 rings (SSSR count). The molecule has 0 spiro atoms. The van der Waals surface area contributed by atoms with E-state index in [9.17, 15) is 5.11 Å². The van der Waals surface area contributed by atoms with E-state index in [0.717, 1.165) is 4.48 Å². The molecule has 5 atom stereocenters. The number of aliphatic hydroxyl groups is 1. The van der Waals surface area contributed by atoms with Crippen molar-refractivity contribution in [2.75, 3.05) is 0 Å². The first-order valence-corrected chi connectivity index (χ1v) is 4.43. The summed E-state index contributed by atoms with van der Waals surface area (Å²) in [5, 5.41) is 9.42. The van der Waals surface area contributed by atoms with Gasteiger partial charge in [0.1, 0.15) is 30.5 Å². The number of ether oxygens (including phenoxy) is 2. The second kappa shape index (κ2) is 1.88. The van der Waals surface area contributed by atoms with E-state index in [0.29, 0.717) is 0 Å². The number of fused-ring (bicyclic) bond motifs is 3. The number of epoxide rings is 2. The van der Waals surface area contributed by atoms with Crippen molar-refractivity contribution in [3.63, 3.8) is 0 Å². The Balaban J connectivity index is 1.94. The van der Waals surface area contributed by atoms with Gasteiger partial charge >= 0.3 is 0 Å². The van der Waals surface area contributed by atoms with Gasteiger partial charge in [0, 0.05) is 4.48 Å². The van der Waals surface area contributed by atoms with Gasteiger partial charge in [0.05, 0.1) is 0 Å². The van der Waals surface area contributed by atoms with Gasteiger partial charge in [-0.2, -0.15) is 0 Å². The highest BCUT2D eigenvalue weighted by Crippen LogP contribution is 2.47. The summed E-state index contributed by atoms with van der Waals surface area (Å²) >= 11 is 3.35. The van der Waals surface area contributed by atoms with Gasteiger partial charge in [0.25, 0.3) is 0 Å². The Labute approximate surface area is 72.1 Å². The zero-order chi connectivity index (χ0) is 7.59. The Hall–Kier alpha value is 0.1000. The molecule has 0 radical (unpaired) electrons. The normalized spacial score (nSPS) is 58.7. The maximum Gasteiger partial charge on any atom is 0.118 e. The summed E-state index contributed by atoms with van der Waals surface area (Å²) in [7, 11) is 0. The van der Waals surface area contributed by atoms with Crippen LogP contribution in [0.1, 0.15) is 0 Å². The van der Waals surface area contributed by atoms with E-state index in [4.69, 9.17) is 9.47 Å². The van der Waals surface area contributed by atoms with E-state index >= 15 is 0 Å². The van der Waals surface area contributed by atoms with E-state index in [1.54, 1.807) is 6.08 Å². The number of aliphatic hydroxyl groups excluding tert-OH is 1. The molecule has 0 bridgehead atoms. The molecule has 3 nitrogen and oxygen atoms in total. The molecule has 0 aromatic carbocycles. The first-order valence-electron chi connectivity index (χ1n) is 3.63. The summed E-state index contributed by atoms with van der Waals surface area (Å²) < 4.78 is 11.5. The van der Waals surface area contributed by atoms with Crippen LogP contribution >= 0.6 is 15.9 Å². The number of hydrogen-bond donors (Lipinski definition) is 1. The molecule has 1 N–H and O–H groups in total. The van der Waals surface area contributed by atoms with Crippen LogP contribution in [0.15, 0.2) is 10.6 Å². The van der Waals surface area contributed by atoms with Gasteiger partial charge < -0.3 is 14.6 Å². The van der Waals surface area contributed by atoms with Crippen LogP contribution in [0.3, 0.4) is 0 Å². The van der Waals surface area contributed by atoms with Crippen LogP contribution in [0, 0.1) is 0 Å². The zero-order valence-corrected chi connectivity index (χ0v) is 7.19. The van der Waals surface area contributed by atoms with Gasteiger partial charge in [-0.05, 0) is 6.08 Å². The highest BCUT2D eigenvalue weighted by Gasteiger charge is 2.62. The Kier molecular flexibility index (Phi) is 1.13. The molecule has 0 amide bonds. The molecule has 2 aliphatic heterocycles. The minimum atomic E-state index is -0.453. The van der Waals surface area contributed by atoms with Crippen molar-refractivity contribution >= 4 is 15.9 Å². The Morgan fingerprint density at radius 1 is 1.27 bits per heavy atom. The fourth-order valence-corrected chi connectivity index (χ4v) is 2.26. The highest BCUT2D eigenvalue weighted by molar-refractivity contribution is 9.11. The van der Waals surface area contributed by atoms with Crippen molar-refractivity contribution in [1.29, 1.82) is 0 Å². The number of hydrogen-bond acceptors (Lipinski definition) is 3. The fourth-order valence-electron chi connectivity index (χ4n) is 1.62. The van der Waals surface area contributed by atoms with Gasteiger partial charge in [-0.15, -0.1) is 0 Å². The lowest BCUT2D eigenvalue weighted by Crippen LogP contribution is -2.14. The van der Waals surface area contributed by atoms with Crippen molar-refractivity contribution in [2.24, 2.45) is 0 Å². The molecule has 2 heterocycles. The third-order valence-corrected chi connectivity index (χ3v) is 3.06. The molecule has 0 aromatic heterocycles. The first kappa shape index (κ1) is 6.60. The Morgan fingerprint density at radius 2 is 2.09 bits per heavy atom. The molecule has 0 unspecified atom stereocenters. The lowest BCUT2D eigenvalue weighted by molar-refractivity contribution is 0.176. The van der Waals surface area contributed by atoms with Crippen LogP contribution in [0.25, 0.3) is 0 Å². The lowest BCUT2D eigenvalue weighted by atomic mass is 10.2. The molecular formula is C7H7BrO3. The highest BCUT2D eigenvalue weighted by atomic mass is 79.9. The average Bonchev–Trinajstić information content (AvgIpc) is 2.79. The summed E-state index contributed by atoms with van der Waals surface area (Å²) in [4.78, 5) is 0. The van der Waals surface area contributed by atoms with Gasteiger partial charge in [-0.3, -0.25) is 0 Å². The second-order valence-electron chi connectivity index (χ2n) is 3.13. The smallest absolute Gasteiger partial charge is 0.118 e. The van der Waals surface area contributed by atoms with Gasteiger partial charge in [0.2, 0.25) is 0 Å². The molecule has 60 valence electrons. The van der Waals surface area contributed by atoms with E-state index in [1.165, 1.54) is 0 Å². The maximum atomic E-state index is 9.42. The summed E-state index contributed by atoms with van der Waals surface area (Å²) in [5.74, 6) is 0. The van der Waals surface area contributed by atoms with Crippen LogP contribution in [0.5, 0.6) is 0 Å². The topological polar surface area (TPSA) is 45.3 Å². The summed E-state index contributed by atoms with van der Waals surface area (Å²) in [6, 6.07) is 0. The van der Waals surface area contributed by atoms with E-state index in [-0.39, 0.29) is 24.4 Å². The molecule has 3 aliphatic rings. The molecule has 2 saturated heterocycles. The molecule has 0 aromatic rings. The van der Waals surface area contributed by atoms with E-state index in [2.05, 4.69) is 15.9 Å². The van der Waals surface area contributed by atoms with E-state index < -0.39 is 6.10 Å². The molecule has 1 aliphatic carbocycles. The maximum absolute atomic E-state index is 9.42. The van der Waals surface area contributed by atoms with Gasteiger partial charge in [-0.25, -0.2) is 0 Å². The number of rotatable bonds is 0. The summed E-state index contributed by atoms with van der Waals surface area (Å²) in [5.41, 5.74) is 0. The average molecular weight is 219 g/mol. The third-order valence-electron chi connectivity index (χ3n) is 2.35. The third kappa shape index (κ3) is 0.839. The van der Waals surface area contributed by atoms with Crippen molar-refractivity contribution in [1.82, 2.24) is 0 Å². The van der Waals surface area contributed by atoms with Gasteiger partial charge in [-0.1, -0.05) is 15.9 Å².